The van der Waals surface area contributed by atoms with E-state index in [9.17, 15) is 4.39 Å². The molecule has 0 bridgehead atoms. The molecule has 0 aromatic heterocycles. The van der Waals surface area contributed by atoms with E-state index < -0.39 is 0 Å². The van der Waals surface area contributed by atoms with Crippen LogP contribution in [0.15, 0.2) is 24.3 Å². The number of hydrogen-bond acceptors (Lipinski definition) is 1. The maximum atomic E-state index is 12.7. The van der Waals surface area contributed by atoms with Crippen LogP contribution in [0.1, 0.15) is 19.8 Å². The third-order valence-electron chi connectivity index (χ3n) is 3.12. The Morgan fingerprint density at radius 1 is 1.25 bits per heavy atom. The number of benzene rings is 1. The minimum atomic E-state index is -0.225. The van der Waals surface area contributed by atoms with Crippen molar-refractivity contribution < 1.29 is 9.13 Å². The zero-order chi connectivity index (χ0) is 11.4. The van der Waals surface area contributed by atoms with E-state index in [2.05, 4.69) is 12.2 Å². The molecule has 1 radical (unpaired) electrons. The van der Waals surface area contributed by atoms with Crippen LogP contribution in [0.4, 0.5) is 4.39 Å². The number of hydrogen-bond donors (Lipinski definition) is 0. The van der Waals surface area contributed by atoms with Crippen LogP contribution in [0, 0.1) is 11.7 Å². The highest BCUT2D eigenvalue weighted by Crippen LogP contribution is 2.22. The van der Waals surface area contributed by atoms with Gasteiger partial charge in [0.25, 0.3) is 0 Å². The van der Waals surface area contributed by atoms with E-state index in [0.29, 0.717) is 5.92 Å². The van der Waals surface area contributed by atoms with Crippen LogP contribution in [-0.4, -0.2) is 19.2 Å². The van der Waals surface area contributed by atoms with Crippen molar-refractivity contribution in [3.8, 4) is 5.75 Å². The summed E-state index contributed by atoms with van der Waals surface area (Å²) in [4.78, 5) is 0. The molecule has 1 fully saturated rings. The molecule has 87 valence electrons. The first kappa shape index (κ1) is 11.4. The fraction of sp³-hybridized carbons (Fsp3) is 0.538. The average molecular weight is 222 g/mol. The predicted molar refractivity (Wildman–Crippen MR) is 61.1 cm³/mol. The summed E-state index contributed by atoms with van der Waals surface area (Å²) in [5.74, 6) is 1.09. The molecule has 0 spiro atoms. The maximum Gasteiger partial charge on any atom is 0.123 e. The summed E-state index contributed by atoms with van der Waals surface area (Å²) in [5, 5.41) is 4.32. The molecule has 0 saturated carbocycles. The van der Waals surface area contributed by atoms with Gasteiger partial charge in [0.1, 0.15) is 11.6 Å². The Kier molecular flexibility index (Phi) is 3.78. The lowest BCUT2D eigenvalue weighted by Gasteiger charge is -2.27. The Balaban J connectivity index is 1.90. The molecule has 0 N–H and O–H groups in total. The van der Waals surface area contributed by atoms with E-state index >= 15 is 0 Å². The highest BCUT2D eigenvalue weighted by molar-refractivity contribution is 5.22. The first-order valence-corrected chi connectivity index (χ1v) is 5.81. The van der Waals surface area contributed by atoms with Crippen LogP contribution in [0.3, 0.4) is 0 Å². The fourth-order valence-electron chi connectivity index (χ4n) is 2.06. The Labute approximate surface area is 95.8 Å². The molecule has 2 nitrogen and oxygen atoms in total. The molecule has 1 atom stereocenters. The molecule has 1 heterocycles. The third-order valence-corrected chi connectivity index (χ3v) is 3.12. The summed E-state index contributed by atoms with van der Waals surface area (Å²) < 4.78 is 18.5. The lowest BCUT2D eigenvalue weighted by molar-refractivity contribution is 0.127. The van der Waals surface area contributed by atoms with Crippen molar-refractivity contribution in [3.05, 3.63) is 30.1 Å². The first-order valence-electron chi connectivity index (χ1n) is 5.81. The molecule has 1 aromatic rings. The first-order chi connectivity index (χ1) is 7.75. The molecular weight excluding hydrogens is 205 g/mol. The lowest BCUT2D eigenvalue weighted by Crippen LogP contribution is -2.32. The van der Waals surface area contributed by atoms with E-state index in [0.717, 1.165) is 31.7 Å². The number of halogens is 1. The molecule has 1 unspecified atom stereocenters. The van der Waals surface area contributed by atoms with Gasteiger partial charge in [0.05, 0.1) is 6.10 Å². The SMILES string of the molecule is CC(Oc1ccc(F)cc1)C1CC[N]CC1. The molecule has 3 heteroatoms. The molecule has 1 aliphatic rings. The molecule has 1 aliphatic heterocycles. The molecule has 1 saturated heterocycles. The molecule has 0 aliphatic carbocycles. The van der Waals surface area contributed by atoms with E-state index in [1.807, 2.05) is 0 Å². The average Bonchev–Trinajstić information content (AvgIpc) is 2.33. The van der Waals surface area contributed by atoms with Gasteiger partial charge >= 0.3 is 0 Å². The lowest BCUT2D eigenvalue weighted by atomic mass is 9.93. The predicted octanol–water partition coefficient (Wildman–Crippen LogP) is 2.61. The van der Waals surface area contributed by atoms with Crippen molar-refractivity contribution >= 4 is 0 Å². The summed E-state index contributed by atoms with van der Waals surface area (Å²) in [6, 6.07) is 6.22. The summed E-state index contributed by atoms with van der Waals surface area (Å²) in [6.07, 6.45) is 2.38. The van der Waals surface area contributed by atoms with Gasteiger partial charge in [-0.15, -0.1) is 0 Å². The number of nitrogens with zero attached hydrogens (tertiary/aromatic N) is 1. The third kappa shape index (κ3) is 2.95. The van der Waals surface area contributed by atoms with Crippen molar-refractivity contribution in [3.63, 3.8) is 0 Å². The van der Waals surface area contributed by atoms with Crippen LogP contribution in [0.2, 0.25) is 0 Å². The largest absolute Gasteiger partial charge is 0.490 e. The minimum absolute atomic E-state index is 0.181. The van der Waals surface area contributed by atoms with Gasteiger partial charge in [0.2, 0.25) is 0 Å². The van der Waals surface area contributed by atoms with Crippen LogP contribution in [0.25, 0.3) is 0 Å². The molecule has 1 aromatic carbocycles. The van der Waals surface area contributed by atoms with Crippen molar-refractivity contribution in [1.29, 1.82) is 0 Å². The van der Waals surface area contributed by atoms with E-state index in [1.54, 1.807) is 12.1 Å². The highest BCUT2D eigenvalue weighted by atomic mass is 19.1. The van der Waals surface area contributed by atoms with Crippen LogP contribution < -0.4 is 10.1 Å². The Morgan fingerprint density at radius 3 is 2.50 bits per heavy atom. The normalized spacial score (nSPS) is 19.4. The molecular formula is C13H17FNO. The maximum absolute atomic E-state index is 12.7. The van der Waals surface area contributed by atoms with Gasteiger partial charge in [-0.1, -0.05) is 0 Å². The van der Waals surface area contributed by atoms with E-state index in [4.69, 9.17) is 4.74 Å². The van der Waals surface area contributed by atoms with Crippen molar-refractivity contribution in [2.45, 2.75) is 25.9 Å². The van der Waals surface area contributed by atoms with Crippen molar-refractivity contribution in [1.82, 2.24) is 5.32 Å². The Bertz CT molecular complexity index is 319. The second kappa shape index (κ2) is 5.30. The zero-order valence-corrected chi connectivity index (χ0v) is 9.53. The number of rotatable bonds is 3. The van der Waals surface area contributed by atoms with E-state index in [-0.39, 0.29) is 11.9 Å². The summed E-state index contributed by atoms with van der Waals surface area (Å²) in [7, 11) is 0. The van der Waals surface area contributed by atoms with E-state index in [1.165, 1.54) is 12.1 Å². The summed E-state index contributed by atoms with van der Waals surface area (Å²) in [6.45, 7) is 3.98. The van der Waals surface area contributed by atoms with Crippen LogP contribution in [-0.2, 0) is 0 Å². The van der Waals surface area contributed by atoms with Crippen molar-refractivity contribution in [2.75, 3.05) is 13.1 Å². The second-order valence-corrected chi connectivity index (χ2v) is 4.29. The Morgan fingerprint density at radius 2 is 1.88 bits per heavy atom. The summed E-state index contributed by atoms with van der Waals surface area (Å²) >= 11 is 0. The van der Waals surface area contributed by atoms with Gasteiger partial charge < -0.3 is 4.74 Å². The van der Waals surface area contributed by atoms with Gasteiger partial charge in [-0.25, -0.2) is 9.71 Å². The highest BCUT2D eigenvalue weighted by Gasteiger charge is 2.21. The zero-order valence-electron chi connectivity index (χ0n) is 9.53. The van der Waals surface area contributed by atoms with Gasteiger partial charge in [0, 0.05) is 13.1 Å². The smallest absolute Gasteiger partial charge is 0.123 e. The van der Waals surface area contributed by atoms with Gasteiger partial charge in [0.15, 0.2) is 0 Å². The molecule has 2 rings (SSSR count). The molecule has 0 amide bonds. The molecule has 16 heavy (non-hydrogen) atoms. The van der Waals surface area contributed by atoms with Crippen LogP contribution >= 0.6 is 0 Å². The number of ether oxygens (including phenoxy) is 1. The Hall–Kier alpha value is -1.09. The number of piperidine rings is 1. The topological polar surface area (TPSA) is 23.3 Å². The van der Waals surface area contributed by atoms with Gasteiger partial charge in [-0.05, 0) is 49.9 Å². The van der Waals surface area contributed by atoms with Gasteiger partial charge in [-0.3, -0.25) is 0 Å². The fourth-order valence-corrected chi connectivity index (χ4v) is 2.06. The summed E-state index contributed by atoms with van der Waals surface area (Å²) in [5.41, 5.74) is 0. The monoisotopic (exact) mass is 222 g/mol. The van der Waals surface area contributed by atoms with Crippen molar-refractivity contribution in [2.24, 2.45) is 5.92 Å². The second-order valence-electron chi connectivity index (χ2n) is 4.29. The standard InChI is InChI=1S/C13H17FNO/c1-10(11-6-8-15-9-7-11)16-13-4-2-12(14)3-5-13/h2-5,10-11H,6-9H2,1H3. The minimum Gasteiger partial charge on any atom is -0.490 e. The van der Waals surface area contributed by atoms with Gasteiger partial charge in [-0.2, -0.15) is 0 Å². The van der Waals surface area contributed by atoms with Crippen LogP contribution in [0.5, 0.6) is 5.75 Å². The quantitative estimate of drug-likeness (QED) is 0.771.